The molecule has 0 saturated carbocycles. The number of pyridine rings is 1. The topological polar surface area (TPSA) is 60.2 Å². The molecule has 4 heteroatoms. The Hall–Kier alpha value is -1.13. The second kappa shape index (κ2) is 8.03. The molecule has 0 aliphatic carbocycles. The molecule has 0 aromatic carbocycles. The molecule has 1 unspecified atom stereocenters. The number of rotatable bonds is 8. The van der Waals surface area contributed by atoms with Crippen LogP contribution in [-0.4, -0.2) is 25.2 Å². The SMILES string of the molecule is CCCNC(CCCOC)c1cccnc1N. The van der Waals surface area contributed by atoms with E-state index in [1.54, 1.807) is 13.3 Å². The Morgan fingerprint density at radius 1 is 1.53 bits per heavy atom. The molecule has 0 aliphatic rings. The first-order valence-electron chi connectivity index (χ1n) is 6.22. The van der Waals surface area contributed by atoms with E-state index >= 15 is 0 Å². The van der Waals surface area contributed by atoms with E-state index in [-0.39, 0.29) is 6.04 Å². The number of hydrogen-bond acceptors (Lipinski definition) is 4. The van der Waals surface area contributed by atoms with Gasteiger partial charge in [0.05, 0.1) is 0 Å². The molecular formula is C13H23N3O. The minimum atomic E-state index is 0.277. The lowest BCUT2D eigenvalue weighted by Crippen LogP contribution is -2.23. The minimum absolute atomic E-state index is 0.277. The van der Waals surface area contributed by atoms with Crippen LogP contribution in [0.2, 0.25) is 0 Å². The van der Waals surface area contributed by atoms with Crippen molar-refractivity contribution in [2.24, 2.45) is 0 Å². The van der Waals surface area contributed by atoms with Crippen molar-refractivity contribution in [3.05, 3.63) is 23.9 Å². The molecule has 0 saturated heterocycles. The lowest BCUT2D eigenvalue weighted by Gasteiger charge is -2.19. The Bertz CT molecular complexity index is 317. The number of ether oxygens (including phenoxy) is 1. The number of methoxy groups -OCH3 is 1. The van der Waals surface area contributed by atoms with Crippen LogP contribution < -0.4 is 11.1 Å². The molecule has 0 aliphatic heterocycles. The van der Waals surface area contributed by atoms with Crippen molar-refractivity contribution >= 4 is 5.82 Å². The molecule has 0 bridgehead atoms. The van der Waals surface area contributed by atoms with Gasteiger partial charge in [-0.2, -0.15) is 0 Å². The first-order chi connectivity index (χ1) is 8.29. The molecule has 3 N–H and O–H groups in total. The summed E-state index contributed by atoms with van der Waals surface area (Å²) < 4.78 is 5.09. The van der Waals surface area contributed by atoms with Crippen LogP contribution in [-0.2, 0) is 4.74 Å². The Labute approximate surface area is 104 Å². The number of nitrogens with zero attached hydrogens (tertiary/aromatic N) is 1. The highest BCUT2D eigenvalue weighted by Crippen LogP contribution is 2.22. The summed E-state index contributed by atoms with van der Waals surface area (Å²) in [5.41, 5.74) is 7.01. The predicted molar refractivity (Wildman–Crippen MR) is 70.8 cm³/mol. The van der Waals surface area contributed by atoms with Gasteiger partial charge in [0.25, 0.3) is 0 Å². The molecule has 1 atom stereocenters. The van der Waals surface area contributed by atoms with Crippen molar-refractivity contribution in [2.75, 3.05) is 26.0 Å². The summed E-state index contributed by atoms with van der Waals surface area (Å²) in [5, 5.41) is 3.51. The van der Waals surface area contributed by atoms with E-state index in [2.05, 4.69) is 17.2 Å². The second-order valence-electron chi connectivity index (χ2n) is 4.12. The zero-order valence-corrected chi connectivity index (χ0v) is 10.8. The fourth-order valence-electron chi connectivity index (χ4n) is 1.84. The number of hydrogen-bond donors (Lipinski definition) is 2. The summed E-state index contributed by atoms with van der Waals surface area (Å²) in [6.07, 6.45) is 4.88. The smallest absolute Gasteiger partial charge is 0.128 e. The van der Waals surface area contributed by atoms with Crippen LogP contribution in [0.3, 0.4) is 0 Å². The summed E-state index contributed by atoms with van der Waals surface area (Å²) >= 11 is 0. The van der Waals surface area contributed by atoms with E-state index in [0.717, 1.165) is 38.0 Å². The standard InChI is InChI=1S/C13H23N3O/c1-3-8-15-12(7-5-10-17-2)11-6-4-9-16-13(11)14/h4,6,9,12,15H,3,5,7-8,10H2,1-2H3,(H2,14,16). The molecule has 4 nitrogen and oxygen atoms in total. The van der Waals surface area contributed by atoms with Gasteiger partial charge in [-0.1, -0.05) is 13.0 Å². The van der Waals surface area contributed by atoms with Gasteiger partial charge in [-0.3, -0.25) is 0 Å². The lowest BCUT2D eigenvalue weighted by molar-refractivity contribution is 0.188. The summed E-state index contributed by atoms with van der Waals surface area (Å²) in [6.45, 7) is 3.93. The van der Waals surface area contributed by atoms with Crippen molar-refractivity contribution in [2.45, 2.75) is 32.2 Å². The third-order valence-electron chi connectivity index (χ3n) is 2.73. The highest BCUT2D eigenvalue weighted by molar-refractivity contribution is 5.40. The summed E-state index contributed by atoms with van der Waals surface area (Å²) in [6, 6.07) is 4.25. The normalized spacial score (nSPS) is 12.6. The molecule has 0 spiro atoms. The number of anilines is 1. The highest BCUT2D eigenvalue weighted by Gasteiger charge is 2.13. The summed E-state index contributed by atoms with van der Waals surface area (Å²) in [5.74, 6) is 0.624. The fourth-order valence-corrected chi connectivity index (χ4v) is 1.84. The average Bonchev–Trinajstić information content (AvgIpc) is 2.35. The molecule has 0 radical (unpaired) electrons. The Kier molecular flexibility index (Phi) is 6.58. The Morgan fingerprint density at radius 3 is 3.00 bits per heavy atom. The quantitative estimate of drug-likeness (QED) is 0.680. The van der Waals surface area contributed by atoms with Crippen LogP contribution in [0.25, 0.3) is 0 Å². The Morgan fingerprint density at radius 2 is 2.35 bits per heavy atom. The molecule has 1 rings (SSSR count). The largest absolute Gasteiger partial charge is 0.385 e. The highest BCUT2D eigenvalue weighted by atomic mass is 16.5. The van der Waals surface area contributed by atoms with Gasteiger partial charge in [-0.15, -0.1) is 0 Å². The van der Waals surface area contributed by atoms with E-state index in [0.29, 0.717) is 5.82 Å². The van der Waals surface area contributed by atoms with Gasteiger partial charge >= 0.3 is 0 Å². The first-order valence-corrected chi connectivity index (χ1v) is 6.22. The zero-order valence-electron chi connectivity index (χ0n) is 10.8. The van der Waals surface area contributed by atoms with E-state index in [4.69, 9.17) is 10.5 Å². The maximum absolute atomic E-state index is 5.92. The maximum Gasteiger partial charge on any atom is 0.128 e. The molecule has 0 amide bonds. The van der Waals surface area contributed by atoms with E-state index in [9.17, 15) is 0 Å². The number of nitrogen functional groups attached to an aromatic ring is 1. The molecule has 1 heterocycles. The molecule has 0 fully saturated rings. The Balaban J connectivity index is 2.64. The number of nitrogens with two attached hydrogens (primary N) is 1. The van der Waals surface area contributed by atoms with Gasteiger partial charge in [0.15, 0.2) is 0 Å². The van der Waals surface area contributed by atoms with Crippen molar-refractivity contribution in [3.63, 3.8) is 0 Å². The van der Waals surface area contributed by atoms with Crippen LogP contribution in [0.5, 0.6) is 0 Å². The lowest BCUT2D eigenvalue weighted by atomic mass is 10.0. The molecular weight excluding hydrogens is 214 g/mol. The predicted octanol–water partition coefficient (Wildman–Crippen LogP) is 2.13. The number of aromatic nitrogens is 1. The van der Waals surface area contributed by atoms with Crippen molar-refractivity contribution in [3.8, 4) is 0 Å². The summed E-state index contributed by atoms with van der Waals surface area (Å²) in [4.78, 5) is 4.14. The number of nitrogens with one attached hydrogen (secondary N) is 1. The van der Waals surface area contributed by atoms with E-state index in [1.807, 2.05) is 12.1 Å². The van der Waals surface area contributed by atoms with Gasteiger partial charge < -0.3 is 15.8 Å². The van der Waals surface area contributed by atoms with Crippen molar-refractivity contribution in [1.82, 2.24) is 10.3 Å². The third kappa shape index (κ3) is 4.71. The van der Waals surface area contributed by atoms with Crippen LogP contribution in [0, 0.1) is 0 Å². The van der Waals surface area contributed by atoms with E-state index in [1.165, 1.54) is 0 Å². The molecule has 17 heavy (non-hydrogen) atoms. The molecule has 1 aromatic rings. The summed E-state index contributed by atoms with van der Waals surface area (Å²) in [7, 11) is 1.73. The first kappa shape index (κ1) is 13.9. The van der Waals surface area contributed by atoms with Crippen LogP contribution in [0.1, 0.15) is 37.8 Å². The fraction of sp³-hybridized carbons (Fsp3) is 0.615. The second-order valence-corrected chi connectivity index (χ2v) is 4.12. The van der Waals surface area contributed by atoms with Gasteiger partial charge in [0.2, 0.25) is 0 Å². The average molecular weight is 237 g/mol. The van der Waals surface area contributed by atoms with Crippen LogP contribution in [0.15, 0.2) is 18.3 Å². The van der Waals surface area contributed by atoms with Gasteiger partial charge in [0, 0.05) is 31.5 Å². The maximum atomic E-state index is 5.92. The van der Waals surface area contributed by atoms with Crippen molar-refractivity contribution < 1.29 is 4.74 Å². The van der Waals surface area contributed by atoms with E-state index < -0.39 is 0 Å². The van der Waals surface area contributed by atoms with Gasteiger partial charge in [0.1, 0.15) is 5.82 Å². The molecule has 96 valence electrons. The van der Waals surface area contributed by atoms with Gasteiger partial charge in [-0.05, 0) is 31.9 Å². The monoisotopic (exact) mass is 237 g/mol. The van der Waals surface area contributed by atoms with Crippen molar-refractivity contribution in [1.29, 1.82) is 0 Å². The minimum Gasteiger partial charge on any atom is -0.385 e. The molecule has 1 aromatic heterocycles. The van der Waals surface area contributed by atoms with Gasteiger partial charge in [-0.25, -0.2) is 4.98 Å². The third-order valence-corrected chi connectivity index (χ3v) is 2.73. The van der Waals surface area contributed by atoms with Crippen LogP contribution in [0.4, 0.5) is 5.82 Å². The van der Waals surface area contributed by atoms with Crippen LogP contribution >= 0.6 is 0 Å². The zero-order chi connectivity index (χ0) is 12.5.